The SMILES string of the molecule is C=C(C)C(=O)OCCC[Si](C)(C)OCOC(C)OCC. The minimum Gasteiger partial charge on any atom is -0.462 e. The van der Waals surface area contributed by atoms with E-state index in [0.717, 1.165) is 12.5 Å². The molecule has 20 heavy (non-hydrogen) atoms. The maximum absolute atomic E-state index is 11.2. The van der Waals surface area contributed by atoms with Gasteiger partial charge in [0.15, 0.2) is 14.6 Å². The molecule has 6 heteroatoms. The minimum atomic E-state index is -1.79. The molecule has 1 atom stereocenters. The summed E-state index contributed by atoms with van der Waals surface area (Å²) in [6, 6.07) is 0.906. The molecule has 0 saturated carbocycles. The van der Waals surface area contributed by atoms with Crippen molar-refractivity contribution in [3.63, 3.8) is 0 Å². The number of rotatable bonds is 11. The quantitative estimate of drug-likeness (QED) is 0.193. The molecule has 0 aliphatic rings. The number of ether oxygens (including phenoxy) is 3. The molecule has 0 aromatic rings. The van der Waals surface area contributed by atoms with E-state index in [1.165, 1.54) is 0 Å². The number of carbonyl (C=O) groups is 1. The van der Waals surface area contributed by atoms with Crippen LogP contribution in [-0.4, -0.2) is 40.6 Å². The maximum atomic E-state index is 11.2. The molecule has 0 bridgehead atoms. The van der Waals surface area contributed by atoms with Crippen LogP contribution in [0.2, 0.25) is 19.1 Å². The molecule has 118 valence electrons. The Morgan fingerprint density at radius 3 is 2.50 bits per heavy atom. The summed E-state index contributed by atoms with van der Waals surface area (Å²) in [5.74, 6) is -0.334. The first kappa shape index (κ1) is 19.3. The molecule has 0 aliphatic heterocycles. The Morgan fingerprint density at radius 2 is 1.95 bits per heavy atom. The predicted molar refractivity (Wildman–Crippen MR) is 80.8 cm³/mol. The average Bonchev–Trinajstić information content (AvgIpc) is 2.34. The highest BCUT2D eigenvalue weighted by molar-refractivity contribution is 6.71. The number of hydrogen-bond donors (Lipinski definition) is 0. The summed E-state index contributed by atoms with van der Waals surface area (Å²) in [4.78, 5) is 11.2. The van der Waals surface area contributed by atoms with Gasteiger partial charge in [-0.3, -0.25) is 0 Å². The molecule has 0 radical (unpaired) electrons. The van der Waals surface area contributed by atoms with Gasteiger partial charge in [0.1, 0.15) is 6.79 Å². The molecule has 0 aliphatic carbocycles. The smallest absolute Gasteiger partial charge is 0.333 e. The Kier molecular flexibility index (Phi) is 9.74. The van der Waals surface area contributed by atoms with Gasteiger partial charge < -0.3 is 18.6 Å². The average molecular weight is 304 g/mol. The monoisotopic (exact) mass is 304 g/mol. The summed E-state index contributed by atoms with van der Waals surface area (Å²) in [6.45, 7) is 14.4. The molecule has 0 N–H and O–H groups in total. The first-order valence-corrected chi connectivity index (χ1v) is 10.1. The van der Waals surface area contributed by atoms with Crippen molar-refractivity contribution in [2.24, 2.45) is 0 Å². The molecule has 0 heterocycles. The molecule has 5 nitrogen and oxygen atoms in total. The zero-order valence-corrected chi connectivity index (χ0v) is 14.4. The zero-order valence-electron chi connectivity index (χ0n) is 13.4. The van der Waals surface area contributed by atoms with Crippen LogP contribution in [0.5, 0.6) is 0 Å². The fourth-order valence-electron chi connectivity index (χ4n) is 1.43. The highest BCUT2D eigenvalue weighted by atomic mass is 28.4. The molecule has 0 amide bonds. The zero-order chi connectivity index (χ0) is 15.6. The lowest BCUT2D eigenvalue weighted by atomic mass is 10.4. The minimum absolute atomic E-state index is 0.242. The van der Waals surface area contributed by atoms with E-state index in [-0.39, 0.29) is 19.1 Å². The standard InChI is InChI=1S/C14H28O5Si/c1-7-16-13(4)18-11-19-20(5,6)10-8-9-17-14(15)12(2)3/h13H,2,7-11H2,1,3-6H3. The summed E-state index contributed by atoms with van der Waals surface area (Å²) in [6.07, 6.45) is 0.542. The van der Waals surface area contributed by atoms with Gasteiger partial charge in [-0.05, 0) is 46.3 Å². The molecule has 0 spiro atoms. The van der Waals surface area contributed by atoms with Crippen LogP contribution >= 0.6 is 0 Å². The molecular formula is C14H28O5Si. The van der Waals surface area contributed by atoms with Crippen LogP contribution in [0, 0.1) is 0 Å². The van der Waals surface area contributed by atoms with Crippen molar-refractivity contribution in [2.75, 3.05) is 20.0 Å². The van der Waals surface area contributed by atoms with Crippen molar-refractivity contribution in [3.8, 4) is 0 Å². The number of esters is 1. The van der Waals surface area contributed by atoms with Gasteiger partial charge in [-0.25, -0.2) is 4.79 Å². The van der Waals surface area contributed by atoms with E-state index in [1.54, 1.807) is 6.92 Å². The Hall–Kier alpha value is -0.693. The lowest BCUT2D eigenvalue weighted by Crippen LogP contribution is -2.32. The Balaban J connectivity index is 3.73. The van der Waals surface area contributed by atoms with Gasteiger partial charge in [-0.15, -0.1) is 0 Å². The second kappa shape index (κ2) is 10.1. The van der Waals surface area contributed by atoms with Crippen LogP contribution in [0.1, 0.15) is 27.2 Å². The van der Waals surface area contributed by atoms with Crippen LogP contribution in [0.3, 0.4) is 0 Å². The van der Waals surface area contributed by atoms with Crippen molar-refractivity contribution < 1.29 is 23.4 Å². The molecular weight excluding hydrogens is 276 g/mol. The van der Waals surface area contributed by atoms with Crippen molar-refractivity contribution in [1.82, 2.24) is 0 Å². The van der Waals surface area contributed by atoms with E-state index in [1.807, 2.05) is 13.8 Å². The van der Waals surface area contributed by atoms with E-state index in [9.17, 15) is 4.79 Å². The molecule has 0 rings (SSSR count). The van der Waals surface area contributed by atoms with Crippen molar-refractivity contribution in [3.05, 3.63) is 12.2 Å². The highest BCUT2D eigenvalue weighted by Gasteiger charge is 2.22. The molecule has 0 saturated heterocycles. The van der Waals surface area contributed by atoms with Crippen LogP contribution in [0.15, 0.2) is 12.2 Å². The summed E-state index contributed by atoms with van der Waals surface area (Å²) >= 11 is 0. The fourth-order valence-corrected chi connectivity index (χ4v) is 2.96. The van der Waals surface area contributed by atoms with E-state index >= 15 is 0 Å². The third-order valence-corrected chi connectivity index (χ3v) is 5.12. The molecule has 0 aromatic carbocycles. The van der Waals surface area contributed by atoms with Gasteiger partial charge in [-0.1, -0.05) is 6.58 Å². The van der Waals surface area contributed by atoms with Crippen LogP contribution in [-0.2, 0) is 23.4 Å². The van der Waals surface area contributed by atoms with Gasteiger partial charge in [0, 0.05) is 12.2 Å². The molecule has 1 unspecified atom stereocenters. The Morgan fingerprint density at radius 1 is 1.30 bits per heavy atom. The largest absolute Gasteiger partial charge is 0.462 e. The third-order valence-electron chi connectivity index (χ3n) is 2.66. The summed E-state index contributed by atoms with van der Waals surface area (Å²) in [5.41, 5.74) is 0.427. The maximum Gasteiger partial charge on any atom is 0.333 e. The van der Waals surface area contributed by atoms with Gasteiger partial charge in [0.2, 0.25) is 0 Å². The number of carbonyl (C=O) groups excluding carboxylic acids is 1. The first-order valence-electron chi connectivity index (χ1n) is 6.98. The first-order chi connectivity index (χ1) is 9.28. The van der Waals surface area contributed by atoms with E-state index in [2.05, 4.69) is 19.7 Å². The summed E-state index contributed by atoms with van der Waals surface area (Å²) in [7, 11) is -1.79. The normalized spacial score (nSPS) is 13.1. The van der Waals surface area contributed by atoms with E-state index in [4.69, 9.17) is 18.6 Å². The van der Waals surface area contributed by atoms with Crippen molar-refractivity contribution >= 4 is 14.3 Å². The number of hydrogen-bond acceptors (Lipinski definition) is 5. The fraction of sp³-hybridized carbons (Fsp3) is 0.786. The van der Waals surface area contributed by atoms with Gasteiger partial charge in [0.25, 0.3) is 0 Å². The predicted octanol–water partition coefficient (Wildman–Crippen LogP) is 3.07. The van der Waals surface area contributed by atoms with Crippen LogP contribution in [0.25, 0.3) is 0 Å². The van der Waals surface area contributed by atoms with E-state index < -0.39 is 8.32 Å². The summed E-state index contributed by atoms with van der Waals surface area (Å²) < 4.78 is 21.5. The lowest BCUT2D eigenvalue weighted by molar-refractivity contribution is -0.164. The lowest BCUT2D eigenvalue weighted by Gasteiger charge is -2.24. The Labute approximate surface area is 123 Å². The van der Waals surface area contributed by atoms with Gasteiger partial charge in [0.05, 0.1) is 6.61 Å². The van der Waals surface area contributed by atoms with Crippen molar-refractivity contribution in [1.29, 1.82) is 0 Å². The third kappa shape index (κ3) is 10.1. The van der Waals surface area contributed by atoms with Gasteiger partial charge >= 0.3 is 5.97 Å². The highest BCUT2D eigenvalue weighted by Crippen LogP contribution is 2.14. The Bertz CT molecular complexity index is 304. The summed E-state index contributed by atoms with van der Waals surface area (Å²) in [5, 5.41) is 0. The molecule has 0 fully saturated rings. The molecule has 0 aromatic heterocycles. The van der Waals surface area contributed by atoms with Crippen LogP contribution < -0.4 is 0 Å². The second-order valence-electron chi connectivity index (χ2n) is 5.23. The van der Waals surface area contributed by atoms with Crippen molar-refractivity contribution in [2.45, 2.75) is 52.6 Å². The van der Waals surface area contributed by atoms with Crippen LogP contribution in [0.4, 0.5) is 0 Å². The van der Waals surface area contributed by atoms with Gasteiger partial charge in [-0.2, -0.15) is 0 Å². The second-order valence-corrected chi connectivity index (χ2v) is 9.54. The topological polar surface area (TPSA) is 54.0 Å². The van der Waals surface area contributed by atoms with E-state index in [0.29, 0.717) is 18.8 Å².